The van der Waals surface area contributed by atoms with E-state index in [0.29, 0.717) is 17.4 Å². The molecule has 2 heterocycles. The number of benzene rings is 1. The average Bonchev–Trinajstić information content (AvgIpc) is 2.55. The maximum atomic E-state index is 14.2. The zero-order valence-electron chi connectivity index (χ0n) is 13.0. The van der Waals surface area contributed by atoms with Gasteiger partial charge in [-0.25, -0.2) is 14.4 Å². The molecular formula is C17H21FN4. The van der Waals surface area contributed by atoms with Crippen LogP contribution in [0.15, 0.2) is 30.5 Å². The van der Waals surface area contributed by atoms with Crippen LogP contribution in [0.3, 0.4) is 0 Å². The third-order valence-electron chi connectivity index (χ3n) is 4.10. The summed E-state index contributed by atoms with van der Waals surface area (Å²) in [6.07, 6.45) is 3.80. The normalized spacial score (nSPS) is 15.8. The largest absolute Gasteiger partial charge is 0.347 e. The number of nitrogens with zero attached hydrogens (tertiary/aromatic N) is 3. The summed E-state index contributed by atoms with van der Waals surface area (Å²) >= 11 is 0. The first-order valence-corrected chi connectivity index (χ1v) is 7.66. The van der Waals surface area contributed by atoms with Crippen LogP contribution in [0.4, 0.5) is 10.3 Å². The van der Waals surface area contributed by atoms with Gasteiger partial charge in [-0.05, 0) is 32.0 Å². The summed E-state index contributed by atoms with van der Waals surface area (Å²) in [5.74, 6) is 0.796. The number of hydrogen-bond donors (Lipinski definition) is 1. The Hall–Kier alpha value is -2.01. The molecule has 0 bridgehead atoms. The summed E-state index contributed by atoms with van der Waals surface area (Å²) < 4.78 is 14.2. The van der Waals surface area contributed by atoms with Crippen LogP contribution in [-0.2, 0) is 0 Å². The number of halogens is 1. The second kappa shape index (κ2) is 6.40. The van der Waals surface area contributed by atoms with Gasteiger partial charge in [0.1, 0.15) is 5.82 Å². The monoisotopic (exact) mass is 300 g/mol. The van der Waals surface area contributed by atoms with Gasteiger partial charge < -0.3 is 10.2 Å². The maximum absolute atomic E-state index is 14.2. The van der Waals surface area contributed by atoms with E-state index in [9.17, 15) is 4.39 Å². The Morgan fingerprint density at radius 3 is 2.55 bits per heavy atom. The van der Waals surface area contributed by atoms with Gasteiger partial charge in [0.15, 0.2) is 0 Å². The molecule has 1 aromatic carbocycles. The first-order chi connectivity index (χ1) is 10.7. The maximum Gasteiger partial charge on any atom is 0.225 e. The molecule has 5 heteroatoms. The highest BCUT2D eigenvalue weighted by Gasteiger charge is 2.23. The summed E-state index contributed by atoms with van der Waals surface area (Å²) in [4.78, 5) is 11.0. The molecule has 4 nitrogen and oxygen atoms in total. The molecule has 3 rings (SSSR count). The van der Waals surface area contributed by atoms with Crippen molar-refractivity contribution in [3.05, 3.63) is 42.0 Å². The lowest BCUT2D eigenvalue weighted by atomic mass is 9.89. The Kier molecular flexibility index (Phi) is 4.34. The van der Waals surface area contributed by atoms with Crippen molar-refractivity contribution in [2.45, 2.75) is 18.8 Å². The lowest BCUT2D eigenvalue weighted by Crippen LogP contribution is -2.28. The SMILES string of the molecule is CN(C)c1ncc(-c2ccccc2F)c(C2CCNCC2)n1. The topological polar surface area (TPSA) is 41.1 Å². The molecule has 1 aromatic heterocycles. The number of hydrogen-bond acceptors (Lipinski definition) is 4. The lowest BCUT2D eigenvalue weighted by molar-refractivity contribution is 0.453. The van der Waals surface area contributed by atoms with Crippen LogP contribution in [0.2, 0.25) is 0 Å². The standard InChI is InChI=1S/C17H21FN4/c1-22(2)17-20-11-14(13-5-3-4-6-15(13)18)16(21-17)12-7-9-19-10-8-12/h3-6,11-12,19H,7-10H2,1-2H3. The van der Waals surface area contributed by atoms with Gasteiger partial charge in [-0.3, -0.25) is 0 Å². The van der Waals surface area contributed by atoms with Crippen molar-refractivity contribution in [2.24, 2.45) is 0 Å². The number of nitrogens with one attached hydrogen (secondary N) is 1. The van der Waals surface area contributed by atoms with Crippen LogP contribution in [0, 0.1) is 5.82 Å². The molecule has 0 unspecified atom stereocenters. The van der Waals surface area contributed by atoms with Crippen molar-refractivity contribution in [1.82, 2.24) is 15.3 Å². The van der Waals surface area contributed by atoms with Crippen molar-refractivity contribution >= 4 is 5.95 Å². The number of rotatable bonds is 3. The van der Waals surface area contributed by atoms with E-state index in [2.05, 4.69) is 10.3 Å². The Labute approximate surface area is 130 Å². The van der Waals surface area contributed by atoms with Crippen LogP contribution in [0.5, 0.6) is 0 Å². The average molecular weight is 300 g/mol. The quantitative estimate of drug-likeness (QED) is 0.946. The molecule has 2 aromatic rings. The first-order valence-electron chi connectivity index (χ1n) is 7.66. The third kappa shape index (κ3) is 2.95. The third-order valence-corrected chi connectivity index (χ3v) is 4.10. The minimum absolute atomic E-state index is 0.223. The van der Waals surface area contributed by atoms with E-state index < -0.39 is 0 Å². The minimum Gasteiger partial charge on any atom is -0.347 e. The van der Waals surface area contributed by atoms with E-state index in [-0.39, 0.29) is 5.82 Å². The van der Waals surface area contributed by atoms with E-state index >= 15 is 0 Å². The van der Waals surface area contributed by atoms with E-state index in [1.54, 1.807) is 18.3 Å². The van der Waals surface area contributed by atoms with Gasteiger partial charge in [0.2, 0.25) is 5.95 Å². The molecule has 0 spiro atoms. The highest BCUT2D eigenvalue weighted by atomic mass is 19.1. The highest BCUT2D eigenvalue weighted by Crippen LogP contribution is 2.34. The fraction of sp³-hybridized carbons (Fsp3) is 0.412. The Balaban J connectivity index is 2.10. The predicted molar refractivity (Wildman–Crippen MR) is 86.6 cm³/mol. The Bertz CT molecular complexity index is 651. The molecule has 22 heavy (non-hydrogen) atoms. The smallest absolute Gasteiger partial charge is 0.225 e. The number of piperidine rings is 1. The first kappa shape index (κ1) is 14.9. The molecule has 1 saturated heterocycles. The summed E-state index contributed by atoms with van der Waals surface area (Å²) in [6, 6.07) is 6.85. The Morgan fingerprint density at radius 1 is 1.14 bits per heavy atom. The minimum atomic E-state index is -0.223. The van der Waals surface area contributed by atoms with E-state index in [4.69, 9.17) is 4.98 Å². The fourth-order valence-corrected chi connectivity index (χ4v) is 2.89. The second-order valence-corrected chi connectivity index (χ2v) is 5.87. The molecule has 1 aliphatic heterocycles. The summed E-state index contributed by atoms with van der Waals surface area (Å²) in [5, 5.41) is 3.36. The fourth-order valence-electron chi connectivity index (χ4n) is 2.89. The van der Waals surface area contributed by atoms with Gasteiger partial charge in [-0.2, -0.15) is 0 Å². The van der Waals surface area contributed by atoms with Crippen molar-refractivity contribution in [3.8, 4) is 11.1 Å². The molecular weight excluding hydrogens is 279 g/mol. The summed E-state index contributed by atoms with van der Waals surface area (Å²) in [7, 11) is 3.84. The van der Waals surface area contributed by atoms with Gasteiger partial charge >= 0.3 is 0 Å². The zero-order valence-corrected chi connectivity index (χ0v) is 13.0. The molecule has 0 saturated carbocycles. The number of anilines is 1. The van der Waals surface area contributed by atoms with Crippen molar-refractivity contribution in [2.75, 3.05) is 32.1 Å². The van der Waals surface area contributed by atoms with Crippen LogP contribution in [0.25, 0.3) is 11.1 Å². The molecule has 1 aliphatic rings. The lowest BCUT2D eigenvalue weighted by Gasteiger charge is -2.25. The van der Waals surface area contributed by atoms with E-state index in [1.807, 2.05) is 25.1 Å². The molecule has 1 N–H and O–H groups in total. The van der Waals surface area contributed by atoms with Crippen LogP contribution >= 0.6 is 0 Å². The number of aromatic nitrogens is 2. The van der Waals surface area contributed by atoms with Gasteiger partial charge in [0.05, 0.1) is 5.69 Å². The predicted octanol–water partition coefficient (Wildman–Crippen LogP) is 2.82. The molecule has 116 valence electrons. The van der Waals surface area contributed by atoms with E-state index in [0.717, 1.165) is 37.2 Å². The van der Waals surface area contributed by atoms with Gasteiger partial charge in [0.25, 0.3) is 0 Å². The highest BCUT2D eigenvalue weighted by molar-refractivity contribution is 5.67. The van der Waals surface area contributed by atoms with Crippen molar-refractivity contribution < 1.29 is 4.39 Å². The van der Waals surface area contributed by atoms with Crippen molar-refractivity contribution in [1.29, 1.82) is 0 Å². The molecule has 0 amide bonds. The van der Waals surface area contributed by atoms with Crippen molar-refractivity contribution in [3.63, 3.8) is 0 Å². The van der Waals surface area contributed by atoms with Crippen LogP contribution in [0.1, 0.15) is 24.5 Å². The van der Waals surface area contributed by atoms with Gasteiger partial charge in [-0.15, -0.1) is 0 Å². The molecule has 0 aliphatic carbocycles. The summed E-state index contributed by atoms with van der Waals surface area (Å²) in [6.45, 7) is 1.95. The molecule has 0 atom stereocenters. The van der Waals surface area contributed by atoms with Crippen LogP contribution in [-0.4, -0.2) is 37.2 Å². The summed E-state index contributed by atoms with van der Waals surface area (Å²) in [5.41, 5.74) is 2.36. The zero-order chi connectivity index (χ0) is 15.5. The van der Waals surface area contributed by atoms with Gasteiger partial charge in [-0.1, -0.05) is 18.2 Å². The second-order valence-electron chi connectivity index (χ2n) is 5.87. The van der Waals surface area contributed by atoms with E-state index in [1.165, 1.54) is 6.07 Å². The Morgan fingerprint density at radius 2 is 1.86 bits per heavy atom. The molecule has 0 radical (unpaired) electrons. The molecule has 1 fully saturated rings. The van der Waals surface area contributed by atoms with Gasteiger partial charge in [0, 0.05) is 37.3 Å². The van der Waals surface area contributed by atoms with Crippen LogP contribution < -0.4 is 10.2 Å².